The fourth-order valence-electron chi connectivity index (χ4n) is 2.26. The number of aryl methyl sites for hydroxylation is 2. The highest BCUT2D eigenvalue weighted by Gasteiger charge is 2.07. The van der Waals surface area contributed by atoms with E-state index >= 15 is 0 Å². The van der Waals surface area contributed by atoms with Crippen molar-refractivity contribution < 1.29 is 0 Å². The summed E-state index contributed by atoms with van der Waals surface area (Å²) in [5.74, 6) is 1.49. The molecule has 0 atom stereocenters. The largest absolute Gasteiger partial charge is 0.0625 e. The van der Waals surface area contributed by atoms with Crippen molar-refractivity contribution in [1.29, 1.82) is 0 Å². The Kier molecular flexibility index (Phi) is 4.58. The standard InChI is InChI=1S/C16H26/c1-11(2)7-15-9-14(6)16(8-12(3)4)10-13(15)5/h9-12H,7-8H2,1-6H3. The van der Waals surface area contributed by atoms with Crippen LogP contribution in [0.15, 0.2) is 12.1 Å². The highest BCUT2D eigenvalue weighted by Crippen LogP contribution is 2.21. The van der Waals surface area contributed by atoms with Gasteiger partial charge in [0.1, 0.15) is 0 Å². The first kappa shape index (κ1) is 13.3. The van der Waals surface area contributed by atoms with Gasteiger partial charge >= 0.3 is 0 Å². The molecule has 0 amide bonds. The molecule has 90 valence electrons. The lowest BCUT2D eigenvalue weighted by Gasteiger charge is -2.15. The van der Waals surface area contributed by atoms with Crippen LogP contribution in [0, 0.1) is 25.7 Å². The molecule has 0 bridgehead atoms. The van der Waals surface area contributed by atoms with E-state index in [0.29, 0.717) is 0 Å². The van der Waals surface area contributed by atoms with E-state index in [0.717, 1.165) is 11.8 Å². The molecule has 0 aromatic heterocycles. The normalized spacial score (nSPS) is 11.5. The SMILES string of the molecule is Cc1cc(CC(C)C)c(C)cc1CC(C)C. The zero-order chi connectivity index (χ0) is 12.3. The third kappa shape index (κ3) is 3.66. The molecule has 0 N–H and O–H groups in total. The van der Waals surface area contributed by atoms with E-state index in [1.165, 1.54) is 35.1 Å². The van der Waals surface area contributed by atoms with Crippen molar-refractivity contribution in [3.8, 4) is 0 Å². The maximum atomic E-state index is 2.40. The first-order valence-electron chi connectivity index (χ1n) is 6.49. The van der Waals surface area contributed by atoms with Gasteiger partial charge in [-0.2, -0.15) is 0 Å². The number of hydrogen-bond donors (Lipinski definition) is 0. The Balaban J connectivity index is 2.97. The van der Waals surface area contributed by atoms with Gasteiger partial charge in [-0.3, -0.25) is 0 Å². The van der Waals surface area contributed by atoms with Gasteiger partial charge in [0.15, 0.2) is 0 Å². The first-order valence-corrected chi connectivity index (χ1v) is 6.49. The summed E-state index contributed by atoms with van der Waals surface area (Å²) in [5.41, 5.74) is 5.99. The molecule has 1 rings (SSSR count). The molecule has 1 aromatic carbocycles. The maximum Gasteiger partial charge on any atom is -0.0253 e. The van der Waals surface area contributed by atoms with Gasteiger partial charge in [0.05, 0.1) is 0 Å². The van der Waals surface area contributed by atoms with E-state index in [-0.39, 0.29) is 0 Å². The van der Waals surface area contributed by atoms with E-state index in [9.17, 15) is 0 Å². The zero-order valence-corrected chi connectivity index (χ0v) is 11.7. The molecule has 0 saturated carbocycles. The molecular formula is C16H26. The van der Waals surface area contributed by atoms with E-state index in [1.54, 1.807) is 0 Å². The first-order chi connectivity index (χ1) is 7.40. The number of hydrogen-bond acceptors (Lipinski definition) is 0. The predicted octanol–water partition coefficient (Wildman–Crippen LogP) is 4.70. The minimum absolute atomic E-state index is 0.744. The molecule has 0 heterocycles. The van der Waals surface area contributed by atoms with Crippen LogP contribution < -0.4 is 0 Å². The van der Waals surface area contributed by atoms with Crippen molar-refractivity contribution in [2.24, 2.45) is 11.8 Å². The quantitative estimate of drug-likeness (QED) is 0.687. The summed E-state index contributed by atoms with van der Waals surface area (Å²) in [6.07, 6.45) is 2.41. The fraction of sp³-hybridized carbons (Fsp3) is 0.625. The Morgan fingerprint density at radius 2 is 1.06 bits per heavy atom. The van der Waals surface area contributed by atoms with Crippen LogP contribution in [0.3, 0.4) is 0 Å². The van der Waals surface area contributed by atoms with Gasteiger partial charge in [-0.05, 0) is 60.8 Å². The van der Waals surface area contributed by atoms with Crippen molar-refractivity contribution in [3.63, 3.8) is 0 Å². The molecule has 0 aliphatic carbocycles. The van der Waals surface area contributed by atoms with Crippen LogP contribution in [0.4, 0.5) is 0 Å². The van der Waals surface area contributed by atoms with Gasteiger partial charge in [0.2, 0.25) is 0 Å². The van der Waals surface area contributed by atoms with Crippen molar-refractivity contribution in [2.45, 2.75) is 54.4 Å². The highest BCUT2D eigenvalue weighted by atomic mass is 14.1. The molecule has 0 aliphatic heterocycles. The minimum Gasteiger partial charge on any atom is -0.0625 e. The zero-order valence-electron chi connectivity index (χ0n) is 11.7. The van der Waals surface area contributed by atoms with Crippen molar-refractivity contribution in [2.75, 3.05) is 0 Å². The summed E-state index contributed by atoms with van der Waals surface area (Å²) in [5, 5.41) is 0. The lowest BCUT2D eigenvalue weighted by Crippen LogP contribution is -2.02. The molecule has 0 fully saturated rings. The van der Waals surface area contributed by atoms with Gasteiger partial charge < -0.3 is 0 Å². The van der Waals surface area contributed by atoms with Crippen LogP contribution in [0.5, 0.6) is 0 Å². The van der Waals surface area contributed by atoms with Gasteiger partial charge in [-0.1, -0.05) is 39.8 Å². The van der Waals surface area contributed by atoms with Crippen LogP contribution in [0.2, 0.25) is 0 Å². The Hall–Kier alpha value is -0.780. The van der Waals surface area contributed by atoms with Crippen LogP contribution >= 0.6 is 0 Å². The van der Waals surface area contributed by atoms with Gasteiger partial charge in [-0.25, -0.2) is 0 Å². The van der Waals surface area contributed by atoms with Crippen molar-refractivity contribution >= 4 is 0 Å². The Labute approximate surface area is 101 Å². The maximum absolute atomic E-state index is 2.40. The summed E-state index contributed by atoms with van der Waals surface area (Å²) in [6.45, 7) is 13.7. The lowest BCUT2D eigenvalue weighted by atomic mass is 9.91. The smallest absolute Gasteiger partial charge is 0.0253 e. The molecule has 16 heavy (non-hydrogen) atoms. The van der Waals surface area contributed by atoms with Crippen LogP contribution in [0.1, 0.15) is 49.9 Å². The number of benzene rings is 1. The van der Waals surface area contributed by atoms with E-state index in [2.05, 4.69) is 53.7 Å². The summed E-state index contributed by atoms with van der Waals surface area (Å²) in [4.78, 5) is 0. The van der Waals surface area contributed by atoms with Gasteiger partial charge in [0, 0.05) is 0 Å². The Bertz CT molecular complexity index is 310. The van der Waals surface area contributed by atoms with E-state index in [1.807, 2.05) is 0 Å². The monoisotopic (exact) mass is 218 g/mol. The van der Waals surface area contributed by atoms with Crippen LogP contribution in [-0.2, 0) is 12.8 Å². The molecule has 0 nitrogen and oxygen atoms in total. The summed E-state index contributed by atoms with van der Waals surface area (Å²) >= 11 is 0. The second kappa shape index (κ2) is 5.52. The molecule has 0 heteroatoms. The summed E-state index contributed by atoms with van der Waals surface area (Å²) in [6, 6.07) is 4.79. The Morgan fingerprint density at radius 1 is 0.750 bits per heavy atom. The lowest BCUT2D eigenvalue weighted by molar-refractivity contribution is 0.636. The van der Waals surface area contributed by atoms with Crippen LogP contribution in [-0.4, -0.2) is 0 Å². The second-order valence-corrected chi connectivity index (χ2v) is 5.90. The molecule has 0 saturated heterocycles. The average molecular weight is 218 g/mol. The third-order valence-corrected chi connectivity index (χ3v) is 3.05. The van der Waals surface area contributed by atoms with Crippen LogP contribution in [0.25, 0.3) is 0 Å². The Morgan fingerprint density at radius 3 is 1.31 bits per heavy atom. The number of rotatable bonds is 4. The fourth-order valence-corrected chi connectivity index (χ4v) is 2.26. The van der Waals surface area contributed by atoms with Gasteiger partial charge in [-0.15, -0.1) is 0 Å². The molecule has 0 aliphatic rings. The minimum atomic E-state index is 0.744. The van der Waals surface area contributed by atoms with E-state index in [4.69, 9.17) is 0 Å². The summed E-state index contributed by atoms with van der Waals surface area (Å²) < 4.78 is 0. The molecule has 0 unspecified atom stereocenters. The highest BCUT2D eigenvalue weighted by molar-refractivity contribution is 5.37. The van der Waals surface area contributed by atoms with Crippen molar-refractivity contribution in [3.05, 3.63) is 34.4 Å². The van der Waals surface area contributed by atoms with Gasteiger partial charge in [0.25, 0.3) is 0 Å². The van der Waals surface area contributed by atoms with E-state index < -0.39 is 0 Å². The van der Waals surface area contributed by atoms with Crippen molar-refractivity contribution in [1.82, 2.24) is 0 Å². The third-order valence-electron chi connectivity index (χ3n) is 3.05. The topological polar surface area (TPSA) is 0 Å². The predicted molar refractivity (Wildman–Crippen MR) is 73.0 cm³/mol. The molecular weight excluding hydrogens is 192 g/mol. The molecule has 0 radical (unpaired) electrons. The second-order valence-electron chi connectivity index (χ2n) is 5.90. The average Bonchev–Trinajstić information content (AvgIpc) is 2.11. The molecule has 0 spiro atoms. The molecule has 1 aromatic rings. The summed E-state index contributed by atoms with van der Waals surface area (Å²) in [7, 11) is 0.